The summed E-state index contributed by atoms with van der Waals surface area (Å²) in [6.45, 7) is 0. The van der Waals surface area contributed by atoms with E-state index in [0.717, 1.165) is 5.54 Å². The van der Waals surface area contributed by atoms with Crippen molar-refractivity contribution < 1.29 is 0 Å². The van der Waals surface area contributed by atoms with Crippen LogP contribution in [0, 0.1) is 11.3 Å². The van der Waals surface area contributed by atoms with E-state index in [1.54, 1.807) is 6.07 Å². The minimum absolute atomic E-state index is 1.16. The second-order valence-corrected chi connectivity index (χ2v) is 0.889. The summed E-state index contributed by atoms with van der Waals surface area (Å²) in [5.74, 6) is 0. The maximum absolute atomic E-state index is 7.83. The third-order valence-electron chi connectivity index (χ3n) is 0.275. The molecule has 0 aromatic heterocycles. The van der Waals surface area contributed by atoms with E-state index in [2.05, 4.69) is 11.5 Å². The molecule has 0 radical (unpaired) electrons. The van der Waals surface area contributed by atoms with E-state index in [1.807, 2.05) is 0 Å². The molecule has 0 spiro atoms. The van der Waals surface area contributed by atoms with Crippen LogP contribution in [0.25, 0.3) is 0 Å². The van der Waals surface area contributed by atoms with Crippen LogP contribution in [0.4, 0.5) is 0 Å². The van der Waals surface area contributed by atoms with Crippen LogP contribution >= 0.6 is 11.6 Å². The van der Waals surface area contributed by atoms with Crippen molar-refractivity contribution in [3.63, 3.8) is 0 Å². The molecule has 1 nitrogen and oxygen atoms in total. The van der Waals surface area contributed by atoms with Crippen molar-refractivity contribution in [2.24, 2.45) is 0 Å². The second-order valence-electron chi connectivity index (χ2n) is 0.671. The van der Waals surface area contributed by atoms with Gasteiger partial charge >= 0.3 is 0 Å². The molecule has 0 saturated carbocycles. The zero-order chi connectivity index (χ0) is 5.54. The molecule has 0 fully saturated rings. The molecule has 0 saturated heterocycles. The molecule has 0 aliphatic rings. The highest BCUT2D eigenvalue weighted by atomic mass is 35.5. The first-order valence-electron chi connectivity index (χ1n) is 1.56. The molecule has 0 unspecified atom stereocenters. The molecular weight excluding hydrogens is 110 g/mol. The van der Waals surface area contributed by atoms with Gasteiger partial charge in [0.25, 0.3) is 0 Å². The lowest BCUT2D eigenvalue weighted by atomic mass is 10.6. The van der Waals surface area contributed by atoms with Crippen LogP contribution < -0.4 is 0 Å². The molecule has 0 aliphatic carbocycles. The molecule has 0 atom stereocenters. The molecule has 34 valence electrons. The van der Waals surface area contributed by atoms with Gasteiger partial charge in [0, 0.05) is 0 Å². The summed E-state index contributed by atoms with van der Waals surface area (Å²) < 4.78 is 0. The third-order valence-corrected chi connectivity index (χ3v) is 0.384. The first kappa shape index (κ1) is 6.08. The smallest absolute Gasteiger partial charge is 0.100 e. The number of allylic oxidation sites excluding steroid dienone is 1. The summed E-state index contributed by atoms with van der Waals surface area (Å²) in [5.41, 5.74) is 5.88. The minimum atomic E-state index is 1.16. The van der Waals surface area contributed by atoms with E-state index in [1.165, 1.54) is 6.08 Å². The van der Waals surface area contributed by atoms with E-state index in [4.69, 9.17) is 16.9 Å². The molecule has 0 aromatic rings. The average molecular weight is 112 g/mol. The predicted molar refractivity (Wildman–Crippen MR) is 27.6 cm³/mol. The van der Waals surface area contributed by atoms with Crippen LogP contribution in [0.5, 0.6) is 0 Å². The van der Waals surface area contributed by atoms with Crippen LogP contribution in [0.3, 0.4) is 0 Å². The Morgan fingerprint density at radius 1 is 1.43 bits per heavy atom. The normalized spacial score (nSPS) is 4.57. The maximum atomic E-state index is 7.83. The molecule has 0 N–H and O–H groups in total. The first-order chi connectivity index (χ1) is 3.41. The molecule has 0 heterocycles. The zero-order valence-corrected chi connectivity index (χ0v) is 4.24. The summed E-state index contributed by atoms with van der Waals surface area (Å²) in [4.78, 5) is 0. The zero-order valence-electron chi connectivity index (χ0n) is 3.48. The number of nitriles is 1. The molecule has 0 aromatic carbocycles. The molecular formula is C5H2ClN. The van der Waals surface area contributed by atoms with E-state index in [0.29, 0.717) is 0 Å². The molecule has 0 bridgehead atoms. The Labute approximate surface area is 46.8 Å². The highest BCUT2D eigenvalue weighted by molar-refractivity contribution is 6.25. The van der Waals surface area contributed by atoms with Gasteiger partial charge in [-0.1, -0.05) is 23.1 Å². The van der Waals surface area contributed by atoms with E-state index < -0.39 is 0 Å². The summed E-state index contributed by atoms with van der Waals surface area (Å²) in [6.07, 6.45) is 1.17. The Bertz CT molecular complexity index is 163. The van der Waals surface area contributed by atoms with E-state index in [9.17, 15) is 0 Å². The summed E-state index contributed by atoms with van der Waals surface area (Å²) in [6, 6.07) is 1.73. The van der Waals surface area contributed by atoms with E-state index >= 15 is 0 Å². The van der Waals surface area contributed by atoms with Crippen molar-refractivity contribution >= 4 is 11.6 Å². The second kappa shape index (κ2) is 5.08. The largest absolute Gasteiger partial charge is 0.192 e. The summed E-state index contributed by atoms with van der Waals surface area (Å²) in [5, 5.41) is 7.83. The van der Waals surface area contributed by atoms with E-state index in [-0.39, 0.29) is 0 Å². The highest BCUT2D eigenvalue weighted by Crippen LogP contribution is 1.68. The van der Waals surface area contributed by atoms with Crippen molar-refractivity contribution in [3.05, 3.63) is 23.1 Å². The van der Waals surface area contributed by atoms with Crippen molar-refractivity contribution in [2.45, 2.75) is 0 Å². The van der Waals surface area contributed by atoms with Crippen LogP contribution in [-0.4, -0.2) is 0 Å². The summed E-state index contributed by atoms with van der Waals surface area (Å²) in [7, 11) is 0. The monoisotopic (exact) mass is 111 g/mol. The van der Waals surface area contributed by atoms with Crippen molar-refractivity contribution in [2.75, 3.05) is 0 Å². The van der Waals surface area contributed by atoms with Gasteiger partial charge in [-0.25, -0.2) is 0 Å². The van der Waals surface area contributed by atoms with Crippen LogP contribution in [0.2, 0.25) is 0 Å². The van der Waals surface area contributed by atoms with Crippen molar-refractivity contribution in [3.8, 4) is 6.07 Å². The fraction of sp³-hybridized carbons (Fsp3) is 0. The molecule has 0 rings (SSSR count). The lowest BCUT2D eigenvalue weighted by molar-refractivity contribution is 1.54. The first-order valence-corrected chi connectivity index (χ1v) is 1.99. The fourth-order valence-corrected chi connectivity index (χ4v) is 0.168. The topological polar surface area (TPSA) is 23.8 Å². The standard InChI is InChI=1S/C5H2ClN/c6-4-2-1-3-5-7/h3-4H. The van der Waals surface area contributed by atoms with Gasteiger partial charge in [0.2, 0.25) is 0 Å². The summed E-state index contributed by atoms with van der Waals surface area (Å²) >= 11 is 5.01. The van der Waals surface area contributed by atoms with Crippen molar-refractivity contribution in [1.29, 1.82) is 5.26 Å². The van der Waals surface area contributed by atoms with Gasteiger partial charge in [-0.3, -0.25) is 0 Å². The number of rotatable bonds is 0. The minimum Gasteiger partial charge on any atom is -0.192 e. The molecule has 7 heavy (non-hydrogen) atoms. The Hall–Kier alpha value is -0.920. The van der Waals surface area contributed by atoms with Crippen LogP contribution in [0.15, 0.2) is 23.1 Å². The maximum Gasteiger partial charge on any atom is 0.100 e. The average Bonchev–Trinajstić information content (AvgIpc) is 1.69. The van der Waals surface area contributed by atoms with Gasteiger partial charge in [0.05, 0.1) is 11.6 Å². The number of halogens is 1. The lowest BCUT2D eigenvalue weighted by Gasteiger charge is -1.44. The van der Waals surface area contributed by atoms with Gasteiger partial charge in [0.1, 0.15) is 6.07 Å². The predicted octanol–water partition coefficient (Wildman–Crippen LogP) is 1.57. The van der Waals surface area contributed by atoms with Gasteiger partial charge in [-0.2, -0.15) is 5.26 Å². The third kappa shape index (κ3) is 5.08. The molecule has 0 aliphatic heterocycles. The Kier molecular flexibility index (Phi) is 4.41. The number of hydrogen-bond acceptors (Lipinski definition) is 1. The molecule has 0 amide bonds. The number of hydrogen-bond donors (Lipinski definition) is 0. The Balaban J connectivity index is 3.97. The van der Waals surface area contributed by atoms with Crippen LogP contribution in [0.1, 0.15) is 0 Å². The SMILES string of the molecule is N#CC=C=C=CCl. The van der Waals surface area contributed by atoms with Crippen molar-refractivity contribution in [1.82, 2.24) is 0 Å². The van der Waals surface area contributed by atoms with Gasteiger partial charge in [-0.15, -0.1) is 0 Å². The Morgan fingerprint density at radius 3 is 2.57 bits per heavy atom. The highest BCUT2D eigenvalue weighted by Gasteiger charge is 1.46. The fourth-order valence-electron chi connectivity index (χ4n) is 0.105. The lowest BCUT2D eigenvalue weighted by Crippen LogP contribution is -1.31. The quantitative estimate of drug-likeness (QED) is 0.344. The van der Waals surface area contributed by atoms with Gasteiger partial charge < -0.3 is 0 Å². The van der Waals surface area contributed by atoms with Crippen LogP contribution in [-0.2, 0) is 0 Å². The molecule has 2 heteroatoms. The Morgan fingerprint density at radius 2 is 2.14 bits per heavy atom. The van der Waals surface area contributed by atoms with Gasteiger partial charge in [-0.05, 0) is 0 Å². The number of nitrogens with zero attached hydrogens (tertiary/aromatic N) is 1. The van der Waals surface area contributed by atoms with Gasteiger partial charge in [0.15, 0.2) is 0 Å².